The molecule has 2 fully saturated rings. The van der Waals surface area contributed by atoms with Gasteiger partial charge in [0.15, 0.2) is 0 Å². The fourth-order valence-electron chi connectivity index (χ4n) is 3.83. The van der Waals surface area contributed by atoms with E-state index in [0.29, 0.717) is 31.8 Å². The monoisotopic (exact) mass is 306 g/mol. The average molecular weight is 306 g/mol. The highest BCUT2D eigenvalue weighted by atomic mass is 19.4. The molecule has 1 saturated heterocycles. The van der Waals surface area contributed by atoms with Gasteiger partial charge >= 0.3 is 6.18 Å². The topological polar surface area (TPSA) is 46.3 Å². The first-order chi connectivity index (χ1) is 9.84. The first-order valence-electron chi connectivity index (χ1n) is 7.91. The number of hydrogen-bond donors (Lipinski definition) is 1. The van der Waals surface area contributed by atoms with E-state index in [4.69, 9.17) is 5.73 Å². The minimum atomic E-state index is -4.18. The van der Waals surface area contributed by atoms with Gasteiger partial charge < -0.3 is 10.6 Å². The minimum absolute atomic E-state index is 0.0162. The maximum Gasteiger partial charge on any atom is 0.391 e. The van der Waals surface area contributed by atoms with E-state index in [1.807, 2.05) is 0 Å². The average Bonchev–Trinajstić information content (AvgIpc) is 2.45. The number of carbonyl (C=O) groups excluding carboxylic acids is 1. The Bertz CT molecular complexity index is 372. The number of rotatable bonds is 2. The number of halogens is 3. The van der Waals surface area contributed by atoms with Crippen LogP contribution in [0.25, 0.3) is 0 Å². The normalized spacial score (nSPS) is 34.8. The van der Waals surface area contributed by atoms with Gasteiger partial charge in [0.1, 0.15) is 0 Å². The van der Waals surface area contributed by atoms with Crippen molar-refractivity contribution in [3.8, 4) is 0 Å². The SMILES string of the molecule is CC1CCCN(C(=O)C2CCCC(C(F)(F)F)C2)C1CN. The number of nitrogens with zero attached hydrogens (tertiary/aromatic N) is 1. The van der Waals surface area contributed by atoms with Crippen molar-refractivity contribution in [2.75, 3.05) is 13.1 Å². The van der Waals surface area contributed by atoms with E-state index in [0.717, 1.165) is 12.8 Å². The summed E-state index contributed by atoms with van der Waals surface area (Å²) in [6.07, 6.45) is -1.07. The molecule has 0 aromatic carbocycles. The summed E-state index contributed by atoms with van der Waals surface area (Å²) in [6.45, 7) is 3.09. The zero-order valence-electron chi connectivity index (χ0n) is 12.5. The van der Waals surface area contributed by atoms with E-state index in [2.05, 4.69) is 6.92 Å². The Morgan fingerprint density at radius 3 is 2.57 bits per heavy atom. The Kier molecular flexibility index (Phi) is 5.17. The lowest BCUT2D eigenvalue weighted by molar-refractivity contribution is -0.187. The molecule has 1 saturated carbocycles. The van der Waals surface area contributed by atoms with Crippen molar-refractivity contribution in [1.29, 1.82) is 0 Å². The van der Waals surface area contributed by atoms with Crippen LogP contribution in [0.1, 0.15) is 45.4 Å². The molecule has 4 atom stereocenters. The first kappa shape index (κ1) is 16.6. The van der Waals surface area contributed by atoms with Gasteiger partial charge in [0.2, 0.25) is 5.91 Å². The number of piperidine rings is 1. The molecule has 1 aliphatic carbocycles. The zero-order valence-corrected chi connectivity index (χ0v) is 12.5. The zero-order chi connectivity index (χ0) is 15.6. The van der Waals surface area contributed by atoms with E-state index in [-0.39, 0.29) is 24.8 Å². The number of alkyl halides is 3. The van der Waals surface area contributed by atoms with Crippen LogP contribution in [0.15, 0.2) is 0 Å². The lowest BCUT2D eigenvalue weighted by atomic mass is 9.79. The molecule has 0 aromatic heterocycles. The predicted octanol–water partition coefficient (Wildman–Crippen LogP) is 2.94. The molecule has 0 spiro atoms. The summed E-state index contributed by atoms with van der Waals surface area (Å²) < 4.78 is 38.6. The van der Waals surface area contributed by atoms with Crippen LogP contribution >= 0.6 is 0 Å². The lowest BCUT2D eigenvalue weighted by Gasteiger charge is -2.42. The van der Waals surface area contributed by atoms with Crippen molar-refractivity contribution < 1.29 is 18.0 Å². The maximum absolute atomic E-state index is 12.9. The number of nitrogens with two attached hydrogens (primary N) is 1. The highest BCUT2D eigenvalue weighted by molar-refractivity contribution is 5.79. The van der Waals surface area contributed by atoms with Crippen LogP contribution in [0.4, 0.5) is 13.2 Å². The van der Waals surface area contributed by atoms with Crippen molar-refractivity contribution in [3.63, 3.8) is 0 Å². The Hall–Kier alpha value is -0.780. The summed E-state index contributed by atoms with van der Waals surface area (Å²) in [7, 11) is 0. The molecule has 3 nitrogen and oxygen atoms in total. The van der Waals surface area contributed by atoms with Gasteiger partial charge in [-0.25, -0.2) is 0 Å². The Balaban J connectivity index is 2.04. The molecule has 2 N–H and O–H groups in total. The molecular formula is C15H25F3N2O. The van der Waals surface area contributed by atoms with Crippen LogP contribution in [0.2, 0.25) is 0 Å². The summed E-state index contributed by atoms with van der Waals surface area (Å²) in [4.78, 5) is 14.4. The van der Waals surface area contributed by atoms with E-state index in [9.17, 15) is 18.0 Å². The molecule has 1 aliphatic heterocycles. The van der Waals surface area contributed by atoms with Crippen molar-refractivity contribution >= 4 is 5.91 Å². The van der Waals surface area contributed by atoms with E-state index < -0.39 is 18.0 Å². The smallest absolute Gasteiger partial charge is 0.338 e. The van der Waals surface area contributed by atoms with Crippen LogP contribution in [0.3, 0.4) is 0 Å². The van der Waals surface area contributed by atoms with Gasteiger partial charge in [-0.3, -0.25) is 4.79 Å². The molecule has 1 amide bonds. The molecular weight excluding hydrogens is 281 g/mol. The van der Waals surface area contributed by atoms with Gasteiger partial charge in [0.25, 0.3) is 0 Å². The largest absolute Gasteiger partial charge is 0.391 e. The molecule has 21 heavy (non-hydrogen) atoms. The molecule has 0 radical (unpaired) electrons. The summed E-state index contributed by atoms with van der Waals surface area (Å²) >= 11 is 0. The van der Waals surface area contributed by atoms with Gasteiger partial charge in [-0.2, -0.15) is 13.2 Å². The summed E-state index contributed by atoms with van der Waals surface area (Å²) in [5.41, 5.74) is 5.77. The Morgan fingerprint density at radius 1 is 1.24 bits per heavy atom. The minimum Gasteiger partial charge on any atom is -0.338 e. The van der Waals surface area contributed by atoms with Crippen molar-refractivity contribution in [1.82, 2.24) is 4.90 Å². The molecule has 1 heterocycles. The second-order valence-corrected chi connectivity index (χ2v) is 6.56. The number of carbonyl (C=O) groups is 1. The van der Waals surface area contributed by atoms with E-state index in [1.54, 1.807) is 4.90 Å². The molecule has 2 rings (SSSR count). The van der Waals surface area contributed by atoms with Crippen LogP contribution in [-0.4, -0.2) is 36.1 Å². The lowest BCUT2D eigenvalue weighted by Crippen LogP contribution is -2.53. The first-order valence-corrected chi connectivity index (χ1v) is 7.91. The third kappa shape index (κ3) is 3.71. The van der Waals surface area contributed by atoms with Crippen molar-refractivity contribution in [2.24, 2.45) is 23.5 Å². The predicted molar refractivity (Wildman–Crippen MR) is 74.5 cm³/mol. The van der Waals surface area contributed by atoms with Gasteiger partial charge in [0.05, 0.1) is 5.92 Å². The number of likely N-dealkylation sites (tertiary alicyclic amines) is 1. The van der Waals surface area contributed by atoms with Crippen LogP contribution in [0.5, 0.6) is 0 Å². The van der Waals surface area contributed by atoms with Crippen LogP contribution in [-0.2, 0) is 4.79 Å². The van der Waals surface area contributed by atoms with Gasteiger partial charge in [0, 0.05) is 25.0 Å². The molecule has 2 aliphatic rings. The van der Waals surface area contributed by atoms with Gasteiger partial charge in [-0.1, -0.05) is 13.3 Å². The second-order valence-electron chi connectivity index (χ2n) is 6.56. The summed E-state index contributed by atoms with van der Waals surface area (Å²) in [5, 5.41) is 0. The summed E-state index contributed by atoms with van der Waals surface area (Å²) in [5.74, 6) is -1.58. The quantitative estimate of drug-likeness (QED) is 0.852. The molecule has 6 heteroatoms. The molecule has 0 aromatic rings. The highest BCUT2D eigenvalue weighted by Crippen LogP contribution is 2.41. The highest BCUT2D eigenvalue weighted by Gasteiger charge is 2.45. The van der Waals surface area contributed by atoms with Gasteiger partial charge in [-0.15, -0.1) is 0 Å². The van der Waals surface area contributed by atoms with E-state index >= 15 is 0 Å². The molecule has 122 valence electrons. The number of amides is 1. The molecule has 4 unspecified atom stereocenters. The standard InChI is InChI=1S/C15H25F3N2O/c1-10-4-3-7-20(13(10)9-19)14(21)11-5-2-6-12(8-11)15(16,17)18/h10-13H,2-9,19H2,1H3. The summed E-state index contributed by atoms with van der Waals surface area (Å²) in [6, 6.07) is -0.0162. The Labute approximate surface area is 124 Å². The molecule has 0 bridgehead atoms. The fraction of sp³-hybridized carbons (Fsp3) is 0.933. The maximum atomic E-state index is 12.9. The van der Waals surface area contributed by atoms with Crippen molar-refractivity contribution in [3.05, 3.63) is 0 Å². The third-order valence-electron chi connectivity index (χ3n) is 5.13. The van der Waals surface area contributed by atoms with Crippen molar-refractivity contribution in [2.45, 2.75) is 57.7 Å². The second kappa shape index (κ2) is 6.55. The number of hydrogen-bond acceptors (Lipinski definition) is 2. The third-order valence-corrected chi connectivity index (χ3v) is 5.13. The Morgan fingerprint density at radius 2 is 1.95 bits per heavy atom. The van der Waals surface area contributed by atoms with Crippen LogP contribution < -0.4 is 5.73 Å². The van der Waals surface area contributed by atoms with Gasteiger partial charge in [-0.05, 0) is 38.0 Å². The van der Waals surface area contributed by atoms with Crippen LogP contribution in [0, 0.1) is 17.8 Å². The van der Waals surface area contributed by atoms with E-state index in [1.165, 1.54) is 0 Å². The fourth-order valence-corrected chi connectivity index (χ4v) is 3.83.